The Hall–Kier alpha value is -6.18. The molecule has 0 unspecified atom stereocenters. The zero-order chi connectivity index (χ0) is 37.3. The molecule has 14 heteroatoms. The number of hydrogen-bond donors (Lipinski definition) is 3. The van der Waals surface area contributed by atoms with Crippen molar-refractivity contribution in [3.8, 4) is 5.75 Å². The van der Waals surface area contributed by atoms with Gasteiger partial charge in [0.15, 0.2) is 17.3 Å². The van der Waals surface area contributed by atoms with E-state index in [1.54, 1.807) is 57.2 Å². The minimum atomic E-state index is -1.07. The van der Waals surface area contributed by atoms with Crippen LogP contribution >= 0.6 is 0 Å². The molecule has 3 amide bonds. The summed E-state index contributed by atoms with van der Waals surface area (Å²) in [5.41, 5.74) is 2.70. The Morgan fingerprint density at radius 3 is 2.37 bits per heavy atom. The van der Waals surface area contributed by atoms with Crippen LogP contribution in [0.15, 0.2) is 66.9 Å². The standard InChI is InChI=1S/C38H36F2N6O6/c1-20-24-13-15-30(26(24)12-11-25(20)37(50)52-38(2,3)4)45-36(49)32-17-31(35(48)41-18-21-6-14-28(39)29(40)16-21)44-33-27(19-42-46(32)33)34(47)43-22-7-9-23(51-5)10-8-22/h6-12,14,16-17,19,30H,13,15,18H2,1-5H3,(H,41,48)(H,43,47)(H,45,49)/t30-/m0/s1. The quantitative estimate of drug-likeness (QED) is 0.161. The van der Waals surface area contributed by atoms with Crippen LogP contribution in [0.25, 0.3) is 5.65 Å². The summed E-state index contributed by atoms with van der Waals surface area (Å²) in [7, 11) is 1.52. The average molecular weight is 711 g/mol. The number of nitrogens with zero attached hydrogens (tertiary/aromatic N) is 3. The van der Waals surface area contributed by atoms with Gasteiger partial charge in [0.2, 0.25) is 0 Å². The van der Waals surface area contributed by atoms with E-state index in [0.29, 0.717) is 35.4 Å². The molecule has 3 aromatic carbocycles. The molecule has 1 atom stereocenters. The molecule has 6 rings (SSSR count). The number of esters is 1. The number of nitrogens with one attached hydrogen (secondary N) is 3. The van der Waals surface area contributed by atoms with Crippen molar-refractivity contribution in [1.29, 1.82) is 0 Å². The van der Waals surface area contributed by atoms with Gasteiger partial charge in [0.05, 0.1) is 24.9 Å². The van der Waals surface area contributed by atoms with E-state index in [2.05, 4.69) is 26.0 Å². The zero-order valence-corrected chi connectivity index (χ0v) is 29.1. The molecule has 0 saturated carbocycles. The van der Waals surface area contributed by atoms with Gasteiger partial charge >= 0.3 is 5.97 Å². The highest BCUT2D eigenvalue weighted by Gasteiger charge is 2.31. The third-order valence-electron chi connectivity index (χ3n) is 8.58. The Kier molecular flexibility index (Phi) is 9.74. The Labute approximate surface area is 297 Å². The van der Waals surface area contributed by atoms with Gasteiger partial charge in [-0.25, -0.2) is 23.1 Å². The van der Waals surface area contributed by atoms with Crippen molar-refractivity contribution in [1.82, 2.24) is 25.2 Å². The normalized spacial score (nSPS) is 13.7. The van der Waals surface area contributed by atoms with Gasteiger partial charge in [-0.2, -0.15) is 5.10 Å². The van der Waals surface area contributed by atoms with Gasteiger partial charge in [-0.05, 0) is 105 Å². The number of carbonyl (C=O) groups is 4. The minimum Gasteiger partial charge on any atom is -0.497 e. The lowest BCUT2D eigenvalue weighted by molar-refractivity contribution is 0.00682. The van der Waals surface area contributed by atoms with Crippen LogP contribution in [-0.4, -0.2) is 51.0 Å². The van der Waals surface area contributed by atoms with Crippen LogP contribution in [-0.2, 0) is 17.7 Å². The summed E-state index contributed by atoms with van der Waals surface area (Å²) in [4.78, 5) is 58.1. The molecule has 5 aromatic rings. The van der Waals surface area contributed by atoms with E-state index in [9.17, 15) is 28.0 Å². The molecule has 2 aromatic heterocycles. The fraction of sp³-hybridized carbons (Fsp3) is 0.263. The summed E-state index contributed by atoms with van der Waals surface area (Å²) in [6.45, 7) is 7.08. The molecular formula is C38H36F2N6O6. The van der Waals surface area contributed by atoms with E-state index in [1.165, 1.54) is 30.0 Å². The Morgan fingerprint density at radius 2 is 1.67 bits per heavy atom. The zero-order valence-electron chi connectivity index (χ0n) is 29.1. The van der Waals surface area contributed by atoms with Gasteiger partial charge in [-0.1, -0.05) is 12.1 Å². The number of aromatic nitrogens is 3. The summed E-state index contributed by atoms with van der Waals surface area (Å²) in [6, 6.07) is 14.2. The maximum Gasteiger partial charge on any atom is 0.338 e. The number of anilines is 1. The number of benzene rings is 3. The summed E-state index contributed by atoms with van der Waals surface area (Å²) in [6.07, 6.45) is 2.39. The smallest absolute Gasteiger partial charge is 0.338 e. The maximum absolute atomic E-state index is 14.0. The fourth-order valence-electron chi connectivity index (χ4n) is 6.01. The highest BCUT2D eigenvalue weighted by atomic mass is 19.2. The second kappa shape index (κ2) is 14.2. The van der Waals surface area contributed by atoms with Gasteiger partial charge in [0.1, 0.15) is 28.3 Å². The molecule has 1 aliphatic carbocycles. The second-order valence-electron chi connectivity index (χ2n) is 13.3. The van der Waals surface area contributed by atoms with Gasteiger partial charge in [-0.15, -0.1) is 0 Å². The van der Waals surface area contributed by atoms with Gasteiger partial charge in [0.25, 0.3) is 17.7 Å². The molecule has 0 radical (unpaired) electrons. The van der Waals surface area contributed by atoms with Crippen LogP contribution in [0.2, 0.25) is 0 Å². The SMILES string of the molecule is COc1ccc(NC(=O)c2cnn3c(C(=O)N[C@H]4CCc5c4ccc(C(=O)OC(C)(C)C)c5C)cc(C(=O)NCc4ccc(F)c(F)c4)nc23)cc1. The van der Waals surface area contributed by atoms with E-state index in [4.69, 9.17) is 9.47 Å². The van der Waals surface area contributed by atoms with Crippen molar-refractivity contribution < 1.29 is 37.4 Å². The highest BCUT2D eigenvalue weighted by molar-refractivity contribution is 6.09. The molecule has 12 nitrogen and oxygen atoms in total. The number of fused-ring (bicyclic) bond motifs is 2. The molecule has 268 valence electrons. The minimum absolute atomic E-state index is 0.0170. The van der Waals surface area contributed by atoms with Crippen LogP contribution in [0.5, 0.6) is 5.75 Å². The molecule has 3 N–H and O–H groups in total. The Bertz CT molecular complexity index is 2230. The average Bonchev–Trinajstić information content (AvgIpc) is 3.72. The second-order valence-corrected chi connectivity index (χ2v) is 13.3. The fourth-order valence-corrected chi connectivity index (χ4v) is 6.01. The van der Waals surface area contributed by atoms with Gasteiger partial charge < -0.3 is 25.4 Å². The van der Waals surface area contributed by atoms with Crippen LogP contribution < -0.4 is 20.7 Å². The maximum atomic E-state index is 14.0. The number of methoxy groups -OCH3 is 1. The van der Waals surface area contributed by atoms with E-state index in [1.807, 2.05) is 6.92 Å². The lowest BCUT2D eigenvalue weighted by atomic mass is 9.97. The van der Waals surface area contributed by atoms with Crippen molar-refractivity contribution in [3.63, 3.8) is 0 Å². The number of ether oxygens (including phenoxy) is 2. The van der Waals surface area contributed by atoms with E-state index in [-0.39, 0.29) is 29.1 Å². The predicted octanol–water partition coefficient (Wildman–Crippen LogP) is 5.88. The molecule has 0 saturated heterocycles. The highest BCUT2D eigenvalue weighted by Crippen LogP contribution is 2.35. The Balaban J connectivity index is 1.31. The van der Waals surface area contributed by atoms with Crippen molar-refractivity contribution in [2.75, 3.05) is 12.4 Å². The topological polar surface area (TPSA) is 153 Å². The van der Waals surface area contributed by atoms with Gasteiger partial charge in [0, 0.05) is 18.3 Å². The van der Waals surface area contributed by atoms with Crippen molar-refractivity contribution in [2.24, 2.45) is 0 Å². The van der Waals surface area contributed by atoms with Crippen molar-refractivity contribution in [3.05, 3.63) is 123 Å². The number of carbonyl (C=O) groups excluding carboxylic acids is 4. The first-order valence-corrected chi connectivity index (χ1v) is 16.5. The molecule has 0 bridgehead atoms. The van der Waals surface area contributed by atoms with Crippen molar-refractivity contribution in [2.45, 2.75) is 58.7 Å². The molecule has 0 spiro atoms. The molecule has 0 fully saturated rings. The number of amides is 3. The molecule has 1 aliphatic rings. The van der Waals surface area contributed by atoms with Crippen molar-refractivity contribution >= 4 is 35.0 Å². The van der Waals surface area contributed by atoms with Gasteiger partial charge in [-0.3, -0.25) is 14.4 Å². The van der Waals surface area contributed by atoms with E-state index >= 15 is 0 Å². The number of hydrogen-bond acceptors (Lipinski definition) is 8. The first-order chi connectivity index (χ1) is 24.7. The lowest BCUT2D eigenvalue weighted by Crippen LogP contribution is -2.31. The summed E-state index contributed by atoms with van der Waals surface area (Å²) < 4.78 is 39.2. The van der Waals surface area contributed by atoms with E-state index < -0.39 is 47.0 Å². The lowest BCUT2D eigenvalue weighted by Gasteiger charge is -2.21. The first kappa shape index (κ1) is 35.6. The van der Waals surface area contributed by atoms with Crippen LogP contribution in [0, 0.1) is 18.6 Å². The van der Waals surface area contributed by atoms with Crippen LogP contribution in [0.4, 0.5) is 14.5 Å². The first-order valence-electron chi connectivity index (χ1n) is 16.5. The summed E-state index contributed by atoms with van der Waals surface area (Å²) in [5.74, 6) is -3.86. The van der Waals surface area contributed by atoms with E-state index in [0.717, 1.165) is 28.8 Å². The number of rotatable bonds is 9. The third kappa shape index (κ3) is 7.45. The van der Waals surface area contributed by atoms with Crippen LogP contribution in [0.3, 0.4) is 0 Å². The predicted molar refractivity (Wildman–Crippen MR) is 186 cm³/mol. The van der Waals surface area contributed by atoms with Crippen LogP contribution in [0.1, 0.15) is 97.2 Å². The Morgan fingerprint density at radius 1 is 0.923 bits per heavy atom. The largest absolute Gasteiger partial charge is 0.497 e. The molecule has 52 heavy (non-hydrogen) atoms. The summed E-state index contributed by atoms with van der Waals surface area (Å²) >= 11 is 0. The molecule has 0 aliphatic heterocycles. The number of halogens is 2. The monoisotopic (exact) mass is 710 g/mol. The summed E-state index contributed by atoms with van der Waals surface area (Å²) in [5, 5.41) is 12.7. The third-order valence-corrected chi connectivity index (χ3v) is 8.58. The molecular weight excluding hydrogens is 674 g/mol. The molecule has 2 heterocycles.